The van der Waals surface area contributed by atoms with E-state index >= 15 is 0 Å². The number of cyclic esters (lactones) is 1. The van der Waals surface area contributed by atoms with Crippen molar-refractivity contribution in [3.8, 4) is 5.75 Å². The van der Waals surface area contributed by atoms with Crippen molar-refractivity contribution in [2.45, 2.75) is 77.2 Å². The predicted molar refractivity (Wildman–Crippen MR) is 99.7 cm³/mol. The highest BCUT2D eigenvalue weighted by Gasteiger charge is 2.38. The number of hydrogen-bond donors (Lipinski definition) is 0. The predicted octanol–water partition coefficient (Wildman–Crippen LogP) is 5.76. The van der Waals surface area contributed by atoms with Crippen LogP contribution in [0.25, 0.3) is 0 Å². The number of ether oxygens (including phenoxy) is 2. The van der Waals surface area contributed by atoms with Gasteiger partial charge in [0.1, 0.15) is 6.10 Å². The lowest BCUT2D eigenvalue weighted by Gasteiger charge is -2.36. The van der Waals surface area contributed by atoms with Crippen molar-refractivity contribution < 1.29 is 23.0 Å². The first-order valence-electron chi connectivity index (χ1n) is 10.4. The van der Waals surface area contributed by atoms with E-state index in [4.69, 9.17) is 9.47 Å². The third-order valence-electron chi connectivity index (χ3n) is 6.15. The molecular formula is C22H30F2O3. The summed E-state index contributed by atoms with van der Waals surface area (Å²) in [7, 11) is 0. The lowest BCUT2D eigenvalue weighted by atomic mass is 9.72. The van der Waals surface area contributed by atoms with Gasteiger partial charge in [-0.15, -0.1) is 0 Å². The van der Waals surface area contributed by atoms with Gasteiger partial charge in [-0.3, -0.25) is 4.79 Å². The molecule has 150 valence electrons. The lowest BCUT2D eigenvalue weighted by molar-refractivity contribution is -0.164. The molecule has 1 saturated carbocycles. The summed E-state index contributed by atoms with van der Waals surface area (Å²) in [4.78, 5) is 12.4. The second-order valence-corrected chi connectivity index (χ2v) is 7.86. The van der Waals surface area contributed by atoms with E-state index in [1.54, 1.807) is 13.0 Å². The SMILES string of the molecule is CCCC1CCC(C2CCC(c3ccc(OCC)c(F)c3F)CC2)C(=O)O1. The first-order chi connectivity index (χ1) is 13.0. The van der Waals surface area contributed by atoms with Gasteiger partial charge in [0, 0.05) is 0 Å². The molecule has 5 heteroatoms. The molecule has 2 aliphatic rings. The van der Waals surface area contributed by atoms with Crippen LogP contribution < -0.4 is 4.74 Å². The van der Waals surface area contributed by atoms with Crippen LogP contribution in [-0.4, -0.2) is 18.7 Å². The number of carbonyl (C=O) groups excluding carboxylic acids is 1. The van der Waals surface area contributed by atoms with Crippen LogP contribution in [0.3, 0.4) is 0 Å². The fourth-order valence-corrected chi connectivity index (χ4v) is 4.71. The molecule has 3 nitrogen and oxygen atoms in total. The second kappa shape index (κ2) is 9.03. The minimum Gasteiger partial charge on any atom is -0.491 e. The Bertz CT molecular complexity index is 653. The van der Waals surface area contributed by atoms with Crippen molar-refractivity contribution in [1.82, 2.24) is 0 Å². The highest BCUT2D eigenvalue weighted by Crippen LogP contribution is 2.43. The molecule has 1 aliphatic heterocycles. The van der Waals surface area contributed by atoms with Gasteiger partial charge in [-0.2, -0.15) is 4.39 Å². The van der Waals surface area contributed by atoms with Crippen molar-refractivity contribution in [3.05, 3.63) is 29.3 Å². The van der Waals surface area contributed by atoms with E-state index in [1.165, 1.54) is 6.07 Å². The smallest absolute Gasteiger partial charge is 0.309 e. The number of hydrogen-bond acceptors (Lipinski definition) is 3. The maximum absolute atomic E-state index is 14.5. The van der Waals surface area contributed by atoms with E-state index in [1.807, 2.05) is 0 Å². The van der Waals surface area contributed by atoms with Gasteiger partial charge in [0.15, 0.2) is 11.6 Å². The summed E-state index contributed by atoms with van der Waals surface area (Å²) in [6.45, 7) is 4.15. The number of halogens is 2. The molecule has 2 atom stereocenters. The van der Waals surface area contributed by atoms with Gasteiger partial charge in [0.25, 0.3) is 0 Å². The molecular weight excluding hydrogens is 350 g/mol. The Labute approximate surface area is 160 Å². The van der Waals surface area contributed by atoms with E-state index < -0.39 is 11.6 Å². The zero-order valence-corrected chi connectivity index (χ0v) is 16.3. The molecule has 27 heavy (non-hydrogen) atoms. The third kappa shape index (κ3) is 4.44. The van der Waals surface area contributed by atoms with Gasteiger partial charge < -0.3 is 9.47 Å². The van der Waals surface area contributed by atoms with Crippen LogP contribution in [0.15, 0.2) is 12.1 Å². The number of esters is 1. The molecule has 0 spiro atoms. The number of rotatable bonds is 6. The Morgan fingerprint density at radius 3 is 2.41 bits per heavy atom. The van der Waals surface area contributed by atoms with Crippen LogP contribution in [0.2, 0.25) is 0 Å². The summed E-state index contributed by atoms with van der Waals surface area (Å²) in [6.07, 6.45) is 7.15. The van der Waals surface area contributed by atoms with Crippen LogP contribution in [0.1, 0.15) is 76.7 Å². The van der Waals surface area contributed by atoms with Crippen molar-refractivity contribution in [2.75, 3.05) is 6.61 Å². The maximum Gasteiger partial charge on any atom is 0.309 e. The number of carbonyl (C=O) groups is 1. The topological polar surface area (TPSA) is 35.5 Å². The van der Waals surface area contributed by atoms with Crippen molar-refractivity contribution >= 4 is 5.97 Å². The molecule has 3 rings (SSSR count). The van der Waals surface area contributed by atoms with Crippen LogP contribution in [0.4, 0.5) is 8.78 Å². The molecule has 1 saturated heterocycles. The minimum atomic E-state index is -0.894. The molecule has 0 amide bonds. The lowest BCUT2D eigenvalue weighted by Crippen LogP contribution is -2.36. The van der Waals surface area contributed by atoms with Gasteiger partial charge in [0.05, 0.1) is 12.5 Å². The maximum atomic E-state index is 14.5. The zero-order valence-electron chi connectivity index (χ0n) is 16.3. The van der Waals surface area contributed by atoms with E-state index in [2.05, 4.69) is 6.92 Å². The first kappa shape index (κ1) is 20.1. The van der Waals surface area contributed by atoms with Crippen LogP contribution in [0.5, 0.6) is 5.75 Å². The average Bonchev–Trinajstić information content (AvgIpc) is 2.67. The van der Waals surface area contributed by atoms with Crippen molar-refractivity contribution in [3.63, 3.8) is 0 Å². The first-order valence-corrected chi connectivity index (χ1v) is 10.4. The van der Waals surface area contributed by atoms with Crippen LogP contribution >= 0.6 is 0 Å². The third-order valence-corrected chi connectivity index (χ3v) is 6.15. The standard InChI is InChI=1S/C22H30F2O3/c1-3-5-16-10-11-18(22(25)27-16)15-8-6-14(7-9-15)17-12-13-19(26-4-2)21(24)20(17)23/h12-16,18H,3-11H2,1-2H3. The Hall–Kier alpha value is -1.65. The summed E-state index contributed by atoms with van der Waals surface area (Å²) in [5, 5.41) is 0. The number of benzene rings is 1. The average molecular weight is 380 g/mol. The summed E-state index contributed by atoms with van der Waals surface area (Å²) in [5.41, 5.74) is 0.434. The van der Waals surface area contributed by atoms with Gasteiger partial charge in [0.2, 0.25) is 5.82 Å². The van der Waals surface area contributed by atoms with Gasteiger partial charge in [-0.1, -0.05) is 19.4 Å². The molecule has 1 aromatic rings. The summed E-state index contributed by atoms with van der Waals surface area (Å²) in [5.74, 6) is -1.49. The quantitative estimate of drug-likeness (QED) is 0.589. The van der Waals surface area contributed by atoms with E-state index in [-0.39, 0.29) is 29.7 Å². The zero-order chi connectivity index (χ0) is 19.4. The summed E-state index contributed by atoms with van der Waals surface area (Å²) >= 11 is 0. The summed E-state index contributed by atoms with van der Waals surface area (Å²) in [6, 6.07) is 3.17. The fourth-order valence-electron chi connectivity index (χ4n) is 4.71. The molecule has 0 N–H and O–H groups in total. The monoisotopic (exact) mass is 380 g/mol. The Balaban J connectivity index is 1.59. The van der Waals surface area contributed by atoms with E-state index in [0.717, 1.165) is 51.4 Å². The Morgan fingerprint density at radius 2 is 1.78 bits per heavy atom. The van der Waals surface area contributed by atoms with Gasteiger partial charge in [-0.05, 0) is 75.3 Å². The van der Waals surface area contributed by atoms with Gasteiger partial charge >= 0.3 is 5.97 Å². The van der Waals surface area contributed by atoms with Crippen molar-refractivity contribution in [1.29, 1.82) is 0 Å². The Morgan fingerprint density at radius 1 is 1.04 bits per heavy atom. The van der Waals surface area contributed by atoms with Gasteiger partial charge in [-0.25, -0.2) is 4.39 Å². The molecule has 0 bridgehead atoms. The highest BCUT2D eigenvalue weighted by molar-refractivity contribution is 5.73. The Kier molecular flexibility index (Phi) is 6.72. The normalized spacial score (nSPS) is 28.7. The summed E-state index contributed by atoms with van der Waals surface area (Å²) < 4.78 is 39.4. The van der Waals surface area contributed by atoms with E-state index in [9.17, 15) is 13.6 Å². The molecule has 1 aliphatic carbocycles. The second-order valence-electron chi connectivity index (χ2n) is 7.86. The molecule has 0 radical (unpaired) electrons. The van der Waals surface area contributed by atoms with Crippen LogP contribution in [0, 0.1) is 23.5 Å². The van der Waals surface area contributed by atoms with Crippen LogP contribution in [-0.2, 0) is 9.53 Å². The minimum absolute atomic E-state index is 0.00104. The fraction of sp³-hybridized carbons (Fsp3) is 0.682. The molecule has 2 fully saturated rings. The largest absolute Gasteiger partial charge is 0.491 e. The molecule has 2 unspecified atom stereocenters. The van der Waals surface area contributed by atoms with E-state index in [0.29, 0.717) is 18.1 Å². The highest BCUT2D eigenvalue weighted by atomic mass is 19.2. The molecule has 1 heterocycles. The van der Waals surface area contributed by atoms with Crippen molar-refractivity contribution in [2.24, 2.45) is 11.8 Å². The molecule has 0 aromatic heterocycles. The molecule has 1 aromatic carbocycles.